The Labute approximate surface area is 193 Å². The van der Waals surface area contributed by atoms with Crippen molar-refractivity contribution in [1.82, 2.24) is 0 Å². The average Bonchev–Trinajstić information content (AvgIpc) is 3.05. The fraction of sp³-hybridized carbons (Fsp3) is 0.217. The Balaban J connectivity index is 1.40. The molecular formula is C23H18Cl2N2O5. The quantitative estimate of drug-likeness (QED) is 0.398. The summed E-state index contributed by atoms with van der Waals surface area (Å²) in [6.07, 6.45) is 4.88. The molecule has 0 bridgehead atoms. The first-order chi connectivity index (χ1) is 15.3. The van der Waals surface area contributed by atoms with Crippen molar-refractivity contribution in [1.29, 1.82) is 0 Å². The number of carbonyl (C=O) groups excluding carboxylic acids is 4. The second kappa shape index (κ2) is 9.14. The van der Waals surface area contributed by atoms with Crippen LogP contribution in [0.25, 0.3) is 0 Å². The van der Waals surface area contributed by atoms with Crippen LogP contribution in [0.2, 0.25) is 10.0 Å². The summed E-state index contributed by atoms with van der Waals surface area (Å²) in [7, 11) is 0. The Kier molecular flexibility index (Phi) is 6.30. The molecule has 0 saturated carbocycles. The molecule has 1 aliphatic carbocycles. The van der Waals surface area contributed by atoms with Gasteiger partial charge in [0.05, 0.1) is 33.1 Å². The van der Waals surface area contributed by atoms with E-state index in [0.717, 1.165) is 4.90 Å². The van der Waals surface area contributed by atoms with Gasteiger partial charge in [-0.25, -0.2) is 4.79 Å². The lowest BCUT2D eigenvalue weighted by molar-refractivity contribution is -0.122. The summed E-state index contributed by atoms with van der Waals surface area (Å²) in [6, 6.07) is 10.6. The molecule has 9 heteroatoms. The number of rotatable bonds is 5. The van der Waals surface area contributed by atoms with E-state index >= 15 is 0 Å². The molecule has 0 spiro atoms. The molecule has 1 N–H and O–H groups in total. The molecule has 1 aliphatic heterocycles. The van der Waals surface area contributed by atoms with Crippen molar-refractivity contribution < 1.29 is 23.9 Å². The molecule has 0 aromatic heterocycles. The lowest BCUT2D eigenvalue weighted by Crippen LogP contribution is -2.31. The van der Waals surface area contributed by atoms with Crippen LogP contribution in [0.3, 0.4) is 0 Å². The maximum Gasteiger partial charge on any atom is 0.338 e. The van der Waals surface area contributed by atoms with Crippen molar-refractivity contribution in [3.63, 3.8) is 0 Å². The predicted molar refractivity (Wildman–Crippen MR) is 120 cm³/mol. The lowest BCUT2D eigenvalue weighted by Gasteiger charge is -2.15. The Bertz CT molecular complexity index is 1120. The number of ether oxygens (including phenoxy) is 1. The molecule has 2 aromatic carbocycles. The van der Waals surface area contributed by atoms with Crippen LogP contribution in [0.4, 0.5) is 11.4 Å². The summed E-state index contributed by atoms with van der Waals surface area (Å²) < 4.78 is 5.07. The van der Waals surface area contributed by atoms with Gasteiger partial charge in [-0.1, -0.05) is 41.4 Å². The van der Waals surface area contributed by atoms with Gasteiger partial charge in [0.1, 0.15) is 0 Å². The summed E-state index contributed by atoms with van der Waals surface area (Å²) in [6.45, 7) is -0.527. The van der Waals surface area contributed by atoms with Crippen molar-refractivity contribution in [3.05, 3.63) is 70.2 Å². The molecular weight excluding hydrogens is 455 g/mol. The molecule has 0 radical (unpaired) electrons. The monoisotopic (exact) mass is 472 g/mol. The molecule has 3 amide bonds. The lowest BCUT2D eigenvalue weighted by atomic mass is 9.85. The number of benzene rings is 2. The molecule has 1 saturated heterocycles. The Morgan fingerprint density at radius 1 is 0.969 bits per heavy atom. The molecule has 2 atom stereocenters. The Hall–Kier alpha value is -3.16. The highest BCUT2D eigenvalue weighted by Gasteiger charge is 2.47. The van der Waals surface area contributed by atoms with E-state index in [4.69, 9.17) is 27.9 Å². The number of nitrogens with one attached hydrogen (secondary N) is 1. The van der Waals surface area contributed by atoms with Crippen molar-refractivity contribution >= 4 is 58.3 Å². The zero-order valence-electron chi connectivity index (χ0n) is 16.7. The third-order valence-electron chi connectivity index (χ3n) is 5.39. The molecule has 7 nitrogen and oxygen atoms in total. The molecule has 2 aromatic rings. The zero-order valence-corrected chi connectivity index (χ0v) is 18.2. The molecule has 1 fully saturated rings. The standard InChI is InChI=1S/C23H18Cl2N2O5/c24-18-9-8-14(11-19(18)25)26-20(28)12-32-23(31)13-4-3-5-15(10-13)27-21(29)16-6-1-2-7-17(16)22(27)30/h1-5,8-11,16-17H,6-7,12H2,(H,26,28)/t16-,17-/m1/s1. The van der Waals surface area contributed by atoms with E-state index in [1.807, 2.05) is 12.2 Å². The summed E-state index contributed by atoms with van der Waals surface area (Å²) >= 11 is 11.7. The number of anilines is 2. The van der Waals surface area contributed by atoms with E-state index in [9.17, 15) is 19.2 Å². The predicted octanol–water partition coefficient (Wildman–Crippen LogP) is 4.24. The van der Waals surface area contributed by atoms with Crippen LogP contribution in [0.5, 0.6) is 0 Å². The minimum atomic E-state index is -0.755. The van der Waals surface area contributed by atoms with Crippen molar-refractivity contribution in [3.8, 4) is 0 Å². The summed E-state index contributed by atoms with van der Waals surface area (Å²) in [4.78, 5) is 51.2. The van der Waals surface area contributed by atoms with E-state index in [2.05, 4.69) is 5.32 Å². The number of amides is 3. The minimum absolute atomic E-state index is 0.124. The molecule has 32 heavy (non-hydrogen) atoms. The largest absolute Gasteiger partial charge is 0.452 e. The van der Waals surface area contributed by atoms with Crippen LogP contribution in [-0.4, -0.2) is 30.3 Å². The maximum atomic E-state index is 12.7. The number of fused-ring (bicyclic) bond motifs is 1. The summed E-state index contributed by atoms with van der Waals surface area (Å²) in [5, 5.41) is 3.18. The summed E-state index contributed by atoms with van der Waals surface area (Å²) in [5.41, 5.74) is 0.840. The van der Waals surface area contributed by atoms with Crippen LogP contribution in [0.1, 0.15) is 23.2 Å². The van der Waals surface area contributed by atoms with Crippen LogP contribution < -0.4 is 10.2 Å². The highest BCUT2D eigenvalue weighted by Crippen LogP contribution is 2.37. The van der Waals surface area contributed by atoms with Crippen molar-refractivity contribution in [2.45, 2.75) is 12.8 Å². The number of hydrogen-bond acceptors (Lipinski definition) is 5. The number of imide groups is 1. The number of hydrogen-bond donors (Lipinski definition) is 1. The number of nitrogens with zero attached hydrogens (tertiary/aromatic N) is 1. The van der Waals surface area contributed by atoms with Gasteiger partial charge in [0, 0.05) is 5.69 Å². The number of esters is 1. The van der Waals surface area contributed by atoms with Gasteiger partial charge in [-0.15, -0.1) is 0 Å². The Morgan fingerprint density at radius 3 is 2.31 bits per heavy atom. The van der Waals surface area contributed by atoms with E-state index in [0.29, 0.717) is 29.2 Å². The van der Waals surface area contributed by atoms with Crippen LogP contribution in [-0.2, 0) is 19.1 Å². The third-order valence-corrected chi connectivity index (χ3v) is 6.12. The first-order valence-electron chi connectivity index (χ1n) is 9.90. The fourth-order valence-corrected chi connectivity index (χ4v) is 4.11. The molecule has 4 rings (SSSR count). The normalized spacial score (nSPS) is 19.6. The number of halogens is 2. The second-order valence-electron chi connectivity index (χ2n) is 7.47. The highest BCUT2D eigenvalue weighted by molar-refractivity contribution is 6.42. The van der Waals surface area contributed by atoms with Gasteiger partial charge < -0.3 is 10.1 Å². The first kappa shape index (κ1) is 22.0. The first-order valence-corrected chi connectivity index (χ1v) is 10.7. The van der Waals surface area contributed by atoms with Gasteiger partial charge in [0.15, 0.2) is 6.61 Å². The van der Waals surface area contributed by atoms with Gasteiger partial charge in [0.25, 0.3) is 5.91 Å². The van der Waals surface area contributed by atoms with E-state index in [-0.39, 0.29) is 34.2 Å². The van der Waals surface area contributed by atoms with Crippen molar-refractivity contribution in [2.75, 3.05) is 16.8 Å². The fourth-order valence-electron chi connectivity index (χ4n) is 3.81. The van der Waals surface area contributed by atoms with Crippen LogP contribution >= 0.6 is 23.2 Å². The minimum Gasteiger partial charge on any atom is -0.452 e. The van der Waals surface area contributed by atoms with Gasteiger partial charge in [0.2, 0.25) is 11.8 Å². The second-order valence-corrected chi connectivity index (χ2v) is 8.29. The van der Waals surface area contributed by atoms with Crippen LogP contribution in [0.15, 0.2) is 54.6 Å². The molecule has 0 unspecified atom stereocenters. The molecule has 1 heterocycles. The topological polar surface area (TPSA) is 92.8 Å². The number of carbonyl (C=O) groups is 4. The highest BCUT2D eigenvalue weighted by atomic mass is 35.5. The molecule has 164 valence electrons. The average molecular weight is 473 g/mol. The van der Waals surface area contributed by atoms with Crippen molar-refractivity contribution in [2.24, 2.45) is 11.8 Å². The summed E-state index contributed by atoms with van der Waals surface area (Å²) in [5.74, 6) is -2.59. The van der Waals surface area contributed by atoms with Crippen LogP contribution in [0, 0.1) is 11.8 Å². The van der Waals surface area contributed by atoms with Gasteiger partial charge in [-0.2, -0.15) is 0 Å². The Morgan fingerprint density at radius 2 is 1.66 bits per heavy atom. The van der Waals surface area contributed by atoms with Gasteiger partial charge in [-0.3, -0.25) is 19.3 Å². The smallest absolute Gasteiger partial charge is 0.338 e. The van der Waals surface area contributed by atoms with Gasteiger partial charge in [-0.05, 0) is 49.2 Å². The molecule has 2 aliphatic rings. The number of allylic oxidation sites excluding steroid dienone is 2. The third kappa shape index (κ3) is 4.40. The zero-order chi connectivity index (χ0) is 22.8. The van der Waals surface area contributed by atoms with E-state index in [1.165, 1.54) is 24.3 Å². The van der Waals surface area contributed by atoms with E-state index in [1.54, 1.807) is 18.2 Å². The van der Waals surface area contributed by atoms with E-state index < -0.39 is 18.5 Å². The SMILES string of the molecule is O=C(COC(=O)c1cccc(N2C(=O)[C@@H]3CC=CC[C@H]3C2=O)c1)Nc1ccc(Cl)c(Cl)c1. The maximum absolute atomic E-state index is 12.7. The van der Waals surface area contributed by atoms with Gasteiger partial charge >= 0.3 is 5.97 Å².